The highest BCUT2D eigenvalue weighted by molar-refractivity contribution is 7.90. The van der Waals surface area contributed by atoms with E-state index in [1.807, 2.05) is 18.2 Å². The lowest BCUT2D eigenvalue weighted by Crippen LogP contribution is -2.16. The van der Waals surface area contributed by atoms with Crippen molar-refractivity contribution in [2.75, 3.05) is 18.6 Å². The molecule has 7 nitrogen and oxygen atoms in total. The van der Waals surface area contributed by atoms with Crippen molar-refractivity contribution in [2.45, 2.75) is 17.9 Å². The summed E-state index contributed by atoms with van der Waals surface area (Å²) in [6.07, 6.45) is 7.44. The summed E-state index contributed by atoms with van der Waals surface area (Å²) in [5.74, 6) is 0.247. The third-order valence-corrected chi connectivity index (χ3v) is 6.19. The zero-order chi connectivity index (χ0) is 20.1. The third-order valence-electron chi connectivity index (χ3n) is 3.93. The molecule has 2 aromatic rings. The average Bonchev–Trinajstić information content (AvgIpc) is 3.08. The minimum atomic E-state index is -3.30. The van der Waals surface area contributed by atoms with Crippen LogP contribution < -0.4 is 10.6 Å². The molecule has 3 rings (SSSR count). The normalized spacial score (nSPS) is 18.3. The molecule has 0 radical (unpaired) electrons. The topological polar surface area (TPSA) is 100.0 Å². The maximum Gasteiger partial charge on any atom is 0.261 e. The van der Waals surface area contributed by atoms with Gasteiger partial charge in [-0.1, -0.05) is 12.1 Å². The second-order valence-electron chi connectivity index (χ2n) is 6.09. The number of aliphatic imine (C=N–C) groups is 2. The van der Waals surface area contributed by atoms with Crippen LogP contribution in [0.3, 0.4) is 0 Å². The summed E-state index contributed by atoms with van der Waals surface area (Å²) in [6.45, 7) is 0.346. The number of carbonyl (C=O) groups is 1. The smallest absolute Gasteiger partial charge is 0.261 e. The van der Waals surface area contributed by atoms with Crippen molar-refractivity contribution in [3.63, 3.8) is 0 Å². The van der Waals surface area contributed by atoms with Crippen LogP contribution in [0, 0.1) is 0 Å². The van der Waals surface area contributed by atoms with Crippen LogP contribution in [-0.4, -0.2) is 39.8 Å². The summed E-state index contributed by atoms with van der Waals surface area (Å²) in [5, 5.41) is 5.70. The second kappa shape index (κ2) is 8.49. The Morgan fingerprint density at radius 3 is 2.82 bits per heavy atom. The van der Waals surface area contributed by atoms with Gasteiger partial charge in [0.1, 0.15) is 0 Å². The lowest BCUT2D eigenvalue weighted by Gasteiger charge is -2.08. The first kappa shape index (κ1) is 20.0. The molecule has 1 aromatic heterocycles. The number of rotatable bonds is 3. The van der Waals surface area contributed by atoms with E-state index in [2.05, 4.69) is 20.6 Å². The number of sulfone groups is 1. The van der Waals surface area contributed by atoms with Gasteiger partial charge in [0.25, 0.3) is 5.91 Å². The lowest BCUT2D eigenvalue weighted by atomic mass is 10.2. The van der Waals surface area contributed by atoms with E-state index in [1.165, 1.54) is 17.6 Å². The minimum absolute atomic E-state index is 0.128. The van der Waals surface area contributed by atoms with Crippen LogP contribution in [0.4, 0.5) is 5.69 Å². The lowest BCUT2D eigenvalue weighted by molar-refractivity contribution is 0.0967. The minimum Gasteiger partial charge on any atom is -0.354 e. The predicted octanol–water partition coefficient (Wildman–Crippen LogP) is 2.97. The zero-order valence-electron chi connectivity index (χ0n) is 15.5. The monoisotopic (exact) mass is 416 g/mol. The van der Waals surface area contributed by atoms with Crippen molar-refractivity contribution in [3.05, 3.63) is 51.7 Å². The Morgan fingerprint density at radius 2 is 2.07 bits per heavy atom. The number of hydrogen-bond acceptors (Lipinski definition) is 7. The first-order valence-electron chi connectivity index (χ1n) is 8.52. The van der Waals surface area contributed by atoms with Crippen molar-refractivity contribution < 1.29 is 13.2 Å². The number of hydrogen-bond donors (Lipinski definition) is 2. The Bertz CT molecular complexity index is 1080. The van der Waals surface area contributed by atoms with Gasteiger partial charge in [-0.05, 0) is 35.9 Å². The fourth-order valence-electron chi connectivity index (χ4n) is 2.52. The van der Waals surface area contributed by atoms with E-state index in [9.17, 15) is 13.2 Å². The van der Waals surface area contributed by atoms with E-state index in [4.69, 9.17) is 0 Å². The maximum absolute atomic E-state index is 11.9. The third kappa shape index (κ3) is 4.93. The van der Waals surface area contributed by atoms with Crippen molar-refractivity contribution >= 4 is 51.0 Å². The highest BCUT2D eigenvalue weighted by atomic mass is 32.2. The SMILES string of the molecule is CNC(=O)c1cc2c(s1)/C=C\C/C=N\C(Nc1cccc(S(C)(=O)=O)c1)=N/C2. The van der Waals surface area contributed by atoms with Gasteiger partial charge < -0.3 is 10.6 Å². The Morgan fingerprint density at radius 1 is 1.25 bits per heavy atom. The van der Waals surface area contributed by atoms with Gasteiger partial charge in [-0.15, -0.1) is 11.3 Å². The molecular weight excluding hydrogens is 396 g/mol. The Balaban J connectivity index is 1.88. The number of nitrogens with zero attached hydrogens (tertiary/aromatic N) is 2. The summed E-state index contributed by atoms with van der Waals surface area (Å²) in [5.41, 5.74) is 1.52. The molecule has 1 aliphatic heterocycles. The molecule has 0 bridgehead atoms. The average molecular weight is 417 g/mol. The number of nitrogens with one attached hydrogen (secondary N) is 2. The van der Waals surface area contributed by atoms with E-state index >= 15 is 0 Å². The van der Waals surface area contributed by atoms with Crippen LogP contribution in [0.1, 0.15) is 26.5 Å². The highest BCUT2D eigenvalue weighted by Gasteiger charge is 2.13. The molecule has 0 saturated heterocycles. The molecule has 0 spiro atoms. The number of guanidine groups is 1. The van der Waals surface area contributed by atoms with Crippen LogP contribution in [0.2, 0.25) is 0 Å². The predicted molar refractivity (Wildman–Crippen MR) is 114 cm³/mol. The number of thiophene rings is 1. The maximum atomic E-state index is 11.9. The van der Waals surface area contributed by atoms with E-state index in [1.54, 1.807) is 37.5 Å². The van der Waals surface area contributed by atoms with Gasteiger partial charge in [-0.2, -0.15) is 0 Å². The molecular formula is C19H20N4O3S2. The van der Waals surface area contributed by atoms with Gasteiger partial charge >= 0.3 is 0 Å². The van der Waals surface area contributed by atoms with Gasteiger partial charge in [0, 0.05) is 36.5 Å². The van der Waals surface area contributed by atoms with Crippen molar-refractivity contribution in [1.29, 1.82) is 0 Å². The number of amides is 1. The van der Waals surface area contributed by atoms with Gasteiger partial charge in [0.2, 0.25) is 5.96 Å². The van der Waals surface area contributed by atoms with E-state index in [0.29, 0.717) is 29.5 Å². The molecule has 1 aliphatic rings. The quantitative estimate of drug-likeness (QED) is 0.803. The molecule has 1 aromatic carbocycles. The molecule has 2 heterocycles. The number of allylic oxidation sites excluding steroid dienone is 1. The molecule has 0 unspecified atom stereocenters. The Kier molecular flexibility index (Phi) is 6.05. The van der Waals surface area contributed by atoms with Crippen molar-refractivity contribution in [3.8, 4) is 0 Å². The molecule has 0 fully saturated rings. The number of carbonyl (C=O) groups excluding carboxylic acids is 1. The summed E-state index contributed by atoms with van der Waals surface area (Å²) in [4.78, 5) is 22.6. The van der Waals surface area contributed by atoms with Crippen LogP contribution in [-0.2, 0) is 16.4 Å². The summed E-state index contributed by atoms with van der Waals surface area (Å²) < 4.78 is 23.5. The first-order chi connectivity index (χ1) is 13.4. The first-order valence-corrected chi connectivity index (χ1v) is 11.2. The molecule has 9 heteroatoms. The largest absolute Gasteiger partial charge is 0.354 e. The van der Waals surface area contributed by atoms with Gasteiger partial charge in [0.05, 0.1) is 16.3 Å². The Hall–Kier alpha value is -2.78. The molecule has 1 amide bonds. The van der Waals surface area contributed by atoms with Crippen LogP contribution in [0.25, 0.3) is 6.08 Å². The molecule has 2 N–H and O–H groups in total. The molecule has 146 valence electrons. The van der Waals surface area contributed by atoms with Crippen LogP contribution in [0.5, 0.6) is 0 Å². The number of fused-ring (bicyclic) bond motifs is 1. The number of benzene rings is 1. The highest BCUT2D eigenvalue weighted by Crippen LogP contribution is 2.25. The zero-order valence-corrected chi connectivity index (χ0v) is 17.1. The van der Waals surface area contributed by atoms with E-state index in [0.717, 1.165) is 10.4 Å². The Labute approximate surface area is 167 Å². The van der Waals surface area contributed by atoms with Gasteiger partial charge in [-0.3, -0.25) is 4.79 Å². The van der Waals surface area contributed by atoms with Crippen molar-refractivity contribution in [1.82, 2.24) is 5.32 Å². The number of anilines is 1. The van der Waals surface area contributed by atoms with Crippen molar-refractivity contribution in [2.24, 2.45) is 9.98 Å². The fraction of sp³-hybridized carbons (Fsp3) is 0.211. The molecule has 28 heavy (non-hydrogen) atoms. The molecule has 0 saturated carbocycles. The fourth-order valence-corrected chi connectivity index (χ4v) is 4.24. The van der Waals surface area contributed by atoms with E-state index < -0.39 is 9.84 Å². The van der Waals surface area contributed by atoms with Crippen LogP contribution in [0.15, 0.2) is 51.3 Å². The van der Waals surface area contributed by atoms with E-state index in [-0.39, 0.29) is 10.8 Å². The van der Waals surface area contributed by atoms with Crippen LogP contribution >= 0.6 is 11.3 Å². The summed E-state index contributed by atoms with van der Waals surface area (Å²) in [7, 11) is -1.70. The second-order valence-corrected chi connectivity index (χ2v) is 9.19. The van der Waals surface area contributed by atoms with Gasteiger partial charge in [-0.25, -0.2) is 18.4 Å². The molecule has 0 aliphatic carbocycles. The summed E-state index contributed by atoms with van der Waals surface area (Å²) >= 11 is 1.42. The summed E-state index contributed by atoms with van der Waals surface area (Å²) in [6, 6.07) is 8.34. The molecule has 0 atom stereocenters. The standard InChI is InChI=1S/C19H20N4O3S2/c1-20-18(24)17-10-13-12-22-19(21-9-4-3-8-16(13)27-17)23-14-6-5-7-15(11-14)28(2,25)26/h3,5-11H,4,12H2,1-2H3,(H,20,24)(H,22,23)/b8-3-,21-9-. The van der Waals surface area contributed by atoms with Gasteiger partial charge in [0.15, 0.2) is 9.84 Å².